The van der Waals surface area contributed by atoms with Crippen LogP contribution in [0.5, 0.6) is 0 Å². The van der Waals surface area contributed by atoms with E-state index in [0.717, 1.165) is 18.2 Å². The SMILES string of the molecule is O=S(=O)(O)c1ccccc1CS(=O)(=O)c1ccc(F)cc1F. The van der Waals surface area contributed by atoms with Gasteiger partial charge in [-0.2, -0.15) is 8.42 Å². The van der Waals surface area contributed by atoms with Crippen LogP contribution >= 0.6 is 0 Å². The molecule has 0 unspecified atom stereocenters. The second kappa shape index (κ2) is 5.75. The van der Waals surface area contributed by atoms with Crippen molar-refractivity contribution in [2.75, 3.05) is 0 Å². The quantitative estimate of drug-likeness (QED) is 0.676. The molecule has 0 atom stereocenters. The van der Waals surface area contributed by atoms with Gasteiger partial charge < -0.3 is 0 Å². The van der Waals surface area contributed by atoms with Gasteiger partial charge in [-0.25, -0.2) is 17.2 Å². The largest absolute Gasteiger partial charge is 0.294 e. The first-order valence-electron chi connectivity index (χ1n) is 5.84. The molecule has 0 aliphatic heterocycles. The molecule has 2 aromatic rings. The minimum Gasteiger partial charge on any atom is -0.282 e. The lowest BCUT2D eigenvalue weighted by atomic mass is 10.2. The lowest BCUT2D eigenvalue weighted by molar-refractivity contribution is 0.482. The van der Waals surface area contributed by atoms with E-state index >= 15 is 0 Å². The maximum Gasteiger partial charge on any atom is 0.294 e. The van der Waals surface area contributed by atoms with E-state index in [0.29, 0.717) is 6.07 Å². The molecule has 22 heavy (non-hydrogen) atoms. The number of hydrogen-bond donors (Lipinski definition) is 1. The average Bonchev–Trinajstić information content (AvgIpc) is 2.36. The van der Waals surface area contributed by atoms with Gasteiger partial charge in [-0.3, -0.25) is 4.55 Å². The van der Waals surface area contributed by atoms with Crippen LogP contribution in [0, 0.1) is 11.6 Å². The first-order valence-corrected chi connectivity index (χ1v) is 8.94. The van der Waals surface area contributed by atoms with E-state index in [-0.39, 0.29) is 5.56 Å². The number of benzene rings is 2. The number of hydrogen-bond acceptors (Lipinski definition) is 4. The Morgan fingerprint density at radius 3 is 2.14 bits per heavy atom. The van der Waals surface area contributed by atoms with E-state index in [1.807, 2.05) is 0 Å². The molecule has 2 rings (SSSR count). The first-order chi connectivity index (χ1) is 10.1. The molecule has 0 aliphatic rings. The Kier molecular flexibility index (Phi) is 4.32. The van der Waals surface area contributed by atoms with Crippen LogP contribution in [-0.4, -0.2) is 21.4 Å². The van der Waals surface area contributed by atoms with Gasteiger partial charge in [0.2, 0.25) is 0 Å². The molecule has 0 radical (unpaired) electrons. The summed E-state index contributed by atoms with van der Waals surface area (Å²) in [6.07, 6.45) is 0. The van der Waals surface area contributed by atoms with Crippen LogP contribution in [0.1, 0.15) is 5.56 Å². The highest BCUT2D eigenvalue weighted by atomic mass is 32.2. The molecule has 5 nitrogen and oxygen atoms in total. The van der Waals surface area contributed by atoms with Crippen molar-refractivity contribution in [2.45, 2.75) is 15.5 Å². The smallest absolute Gasteiger partial charge is 0.282 e. The topological polar surface area (TPSA) is 88.5 Å². The van der Waals surface area contributed by atoms with Crippen LogP contribution in [0.25, 0.3) is 0 Å². The zero-order valence-electron chi connectivity index (χ0n) is 10.9. The summed E-state index contributed by atoms with van der Waals surface area (Å²) in [5, 5.41) is 0. The Hall–Kier alpha value is -1.84. The molecule has 118 valence electrons. The third-order valence-electron chi connectivity index (χ3n) is 2.83. The molecule has 0 heterocycles. The molecule has 0 saturated heterocycles. The van der Waals surface area contributed by atoms with Gasteiger partial charge in [-0.1, -0.05) is 18.2 Å². The average molecular weight is 348 g/mol. The minimum atomic E-state index is -4.62. The zero-order valence-corrected chi connectivity index (χ0v) is 12.5. The molecular formula is C13H10F2O5S2. The number of rotatable bonds is 4. The highest BCUT2D eigenvalue weighted by molar-refractivity contribution is 7.90. The van der Waals surface area contributed by atoms with Crippen molar-refractivity contribution >= 4 is 20.0 Å². The molecule has 0 aliphatic carbocycles. The summed E-state index contributed by atoms with van der Waals surface area (Å²) >= 11 is 0. The van der Waals surface area contributed by atoms with Crippen molar-refractivity contribution in [1.29, 1.82) is 0 Å². The van der Waals surface area contributed by atoms with Crippen molar-refractivity contribution in [3.63, 3.8) is 0 Å². The molecule has 0 bridgehead atoms. The van der Waals surface area contributed by atoms with Crippen molar-refractivity contribution in [2.24, 2.45) is 0 Å². The van der Waals surface area contributed by atoms with Crippen molar-refractivity contribution in [3.8, 4) is 0 Å². The number of halogens is 2. The molecule has 2 aromatic carbocycles. The summed E-state index contributed by atoms with van der Waals surface area (Å²) in [5.74, 6) is -3.06. The molecule has 0 spiro atoms. The maximum absolute atomic E-state index is 13.6. The van der Waals surface area contributed by atoms with Gasteiger partial charge in [0.1, 0.15) is 16.5 Å². The van der Waals surface area contributed by atoms with Crippen LogP contribution < -0.4 is 0 Å². The predicted octanol–water partition coefficient (Wildman–Crippen LogP) is 2.19. The highest BCUT2D eigenvalue weighted by Crippen LogP contribution is 2.24. The fourth-order valence-corrected chi connectivity index (χ4v) is 4.15. The van der Waals surface area contributed by atoms with Crippen LogP contribution in [0.3, 0.4) is 0 Å². The Morgan fingerprint density at radius 1 is 0.909 bits per heavy atom. The third-order valence-corrected chi connectivity index (χ3v) is 5.47. The predicted molar refractivity (Wildman–Crippen MR) is 73.5 cm³/mol. The summed E-state index contributed by atoms with van der Waals surface area (Å²) in [4.78, 5) is -1.33. The maximum atomic E-state index is 13.6. The van der Waals surface area contributed by atoms with Crippen molar-refractivity contribution in [1.82, 2.24) is 0 Å². The second-order valence-corrected chi connectivity index (χ2v) is 7.76. The Balaban J connectivity index is 2.51. The molecule has 9 heteroatoms. The summed E-state index contributed by atoms with van der Waals surface area (Å²) in [7, 11) is -8.88. The Morgan fingerprint density at radius 2 is 1.55 bits per heavy atom. The first kappa shape index (κ1) is 16.5. The molecule has 0 saturated carbocycles. The fraction of sp³-hybridized carbons (Fsp3) is 0.0769. The molecule has 0 fully saturated rings. The van der Waals surface area contributed by atoms with Gasteiger partial charge in [0.15, 0.2) is 9.84 Å². The van der Waals surface area contributed by atoms with Crippen LogP contribution in [0.15, 0.2) is 52.3 Å². The summed E-state index contributed by atoms with van der Waals surface area (Å²) in [6.45, 7) is 0. The van der Waals surface area contributed by atoms with E-state index in [9.17, 15) is 25.6 Å². The third kappa shape index (κ3) is 3.49. The molecule has 0 amide bonds. The van der Waals surface area contributed by atoms with Crippen molar-refractivity contribution in [3.05, 3.63) is 59.7 Å². The number of sulfone groups is 1. The van der Waals surface area contributed by atoms with E-state index in [1.165, 1.54) is 18.2 Å². The highest BCUT2D eigenvalue weighted by Gasteiger charge is 2.24. The minimum absolute atomic E-state index is 0.214. The van der Waals surface area contributed by atoms with Gasteiger partial charge in [0.25, 0.3) is 10.1 Å². The van der Waals surface area contributed by atoms with Gasteiger partial charge in [-0.15, -0.1) is 0 Å². The second-order valence-electron chi connectivity index (χ2n) is 4.42. The van der Waals surface area contributed by atoms with Gasteiger partial charge >= 0.3 is 0 Å². The van der Waals surface area contributed by atoms with E-state index < -0.39 is 47.1 Å². The van der Waals surface area contributed by atoms with Crippen LogP contribution in [0.4, 0.5) is 8.78 Å². The summed E-state index contributed by atoms with van der Waals surface area (Å²) in [6, 6.07) is 6.85. The van der Waals surface area contributed by atoms with E-state index in [2.05, 4.69) is 0 Å². The van der Waals surface area contributed by atoms with Gasteiger partial charge in [-0.05, 0) is 23.8 Å². The van der Waals surface area contributed by atoms with Crippen molar-refractivity contribution < 1.29 is 30.2 Å². The standard InChI is InChI=1S/C13H10F2O5S2/c14-10-5-6-13(11(15)7-10)21(16,17)8-9-3-1-2-4-12(9)22(18,19)20/h1-7H,8H2,(H,18,19,20). The van der Waals surface area contributed by atoms with E-state index in [4.69, 9.17) is 4.55 Å². The molecule has 0 aromatic heterocycles. The summed E-state index contributed by atoms with van der Waals surface area (Å²) in [5.41, 5.74) is -0.214. The lowest BCUT2D eigenvalue weighted by Crippen LogP contribution is -2.11. The van der Waals surface area contributed by atoms with Gasteiger partial charge in [0.05, 0.1) is 10.6 Å². The van der Waals surface area contributed by atoms with Crippen LogP contribution in [0.2, 0.25) is 0 Å². The van der Waals surface area contributed by atoms with Gasteiger partial charge in [0, 0.05) is 6.07 Å². The molecule has 1 N–H and O–H groups in total. The van der Waals surface area contributed by atoms with Crippen LogP contribution in [-0.2, 0) is 25.7 Å². The fourth-order valence-electron chi connectivity index (χ4n) is 1.88. The molecular weight excluding hydrogens is 338 g/mol. The Labute approximate surface area is 125 Å². The monoisotopic (exact) mass is 348 g/mol. The van der Waals surface area contributed by atoms with E-state index in [1.54, 1.807) is 0 Å². The Bertz CT molecular complexity index is 921. The normalized spacial score (nSPS) is 12.3. The summed E-state index contributed by atoms with van der Waals surface area (Å²) < 4.78 is 82.3. The zero-order chi connectivity index (χ0) is 16.5. The lowest BCUT2D eigenvalue weighted by Gasteiger charge is -2.09.